The van der Waals surface area contributed by atoms with Crippen LogP contribution in [-0.4, -0.2) is 23.2 Å². The first-order valence-corrected chi connectivity index (χ1v) is 8.20. The summed E-state index contributed by atoms with van der Waals surface area (Å²) in [5.41, 5.74) is 1.38. The van der Waals surface area contributed by atoms with Crippen molar-refractivity contribution >= 4 is 17.3 Å². The van der Waals surface area contributed by atoms with Gasteiger partial charge in [0.25, 0.3) is 0 Å². The van der Waals surface area contributed by atoms with Crippen LogP contribution in [0, 0.1) is 5.82 Å². The predicted octanol–water partition coefficient (Wildman–Crippen LogP) is 4.02. The Bertz CT molecular complexity index is 892. The molecule has 0 fully saturated rings. The Morgan fingerprint density at radius 1 is 1.24 bits per heavy atom. The van der Waals surface area contributed by atoms with E-state index in [4.69, 9.17) is 9.47 Å². The molecule has 0 aliphatic rings. The molecule has 0 aliphatic heterocycles. The Hall–Kier alpha value is -2.93. The molecule has 3 rings (SSSR count). The number of aromatic hydroxyl groups is 1. The van der Waals surface area contributed by atoms with E-state index in [1.165, 1.54) is 36.6 Å². The number of methoxy groups -OCH3 is 1. The number of carbonyl (C=O) groups is 1. The van der Waals surface area contributed by atoms with Gasteiger partial charge in [-0.25, -0.2) is 14.2 Å². The molecule has 3 aromatic rings. The van der Waals surface area contributed by atoms with E-state index < -0.39 is 5.97 Å². The van der Waals surface area contributed by atoms with Crippen LogP contribution in [0.15, 0.2) is 47.8 Å². The molecule has 0 amide bonds. The van der Waals surface area contributed by atoms with Gasteiger partial charge < -0.3 is 14.6 Å². The van der Waals surface area contributed by atoms with Crippen LogP contribution >= 0.6 is 11.3 Å². The molecule has 0 unspecified atom stereocenters. The van der Waals surface area contributed by atoms with Gasteiger partial charge in [-0.05, 0) is 36.4 Å². The number of phenolic OH excluding ortho intramolecular Hbond substituents is 1. The first-order valence-electron chi connectivity index (χ1n) is 7.32. The van der Waals surface area contributed by atoms with Crippen molar-refractivity contribution in [2.24, 2.45) is 0 Å². The number of hydrogen-bond acceptors (Lipinski definition) is 6. The van der Waals surface area contributed by atoms with Crippen molar-refractivity contribution in [2.45, 2.75) is 6.61 Å². The molecule has 0 saturated heterocycles. The molecule has 5 nitrogen and oxygen atoms in total. The zero-order valence-electron chi connectivity index (χ0n) is 13.2. The summed E-state index contributed by atoms with van der Waals surface area (Å²) in [4.78, 5) is 16.5. The Balaban J connectivity index is 1.68. The number of halogens is 1. The number of esters is 1. The maximum absolute atomic E-state index is 13.0. The standard InChI is InChI=1S/C18H14FNO4S/c1-23-15-4-2-3-14(16(15)21)18(22)24-9-13-10-25-17(20-13)11-5-7-12(19)8-6-11/h2-8,10,21H,9H2,1H3. The Morgan fingerprint density at radius 2 is 2.00 bits per heavy atom. The van der Waals surface area contributed by atoms with Crippen molar-refractivity contribution in [1.29, 1.82) is 0 Å². The molecule has 1 heterocycles. The fourth-order valence-electron chi connectivity index (χ4n) is 2.17. The molecular weight excluding hydrogens is 345 g/mol. The smallest absolute Gasteiger partial charge is 0.342 e. The minimum atomic E-state index is -0.673. The second kappa shape index (κ2) is 7.31. The third-order valence-electron chi connectivity index (χ3n) is 3.43. The monoisotopic (exact) mass is 359 g/mol. The lowest BCUT2D eigenvalue weighted by atomic mass is 10.2. The highest BCUT2D eigenvalue weighted by Gasteiger charge is 2.16. The molecule has 2 aromatic carbocycles. The average Bonchev–Trinajstić information content (AvgIpc) is 3.09. The number of aromatic nitrogens is 1. The van der Waals surface area contributed by atoms with Gasteiger partial charge in [0.1, 0.15) is 23.0 Å². The summed E-state index contributed by atoms with van der Waals surface area (Å²) in [6.45, 7) is -0.0345. The normalized spacial score (nSPS) is 10.5. The quantitative estimate of drug-likeness (QED) is 0.697. The third kappa shape index (κ3) is 3.77. The number of ether oxygens (including phenoxy) is 2. The van der Waals surface area contributed by atoms with Gasteiger partial charge in [0.15, 0.2) is 11.5 Å². The molecule has 128 valence electrons. The lowest BCUT2D eigenvalue weighted by molar-refractivity contribution is 0.0464. The first-order chi connectivity index (χ1) is 12.1. The lowest BCUT2D eigenvalue weighted by Gasteiger charge is -2.08. The Morgan fingerprint density at radius 3 is 2.72 bits per heavy atom. The maximum atomic E-state index is 13.0. The molecule has 7 heteroatoms. The number of carbonyl (C=O) groups excluding carboxylic acids is 1. The fraction of sp³-hybridized carbons (Fsp3) is 0.111. The van der Waals surface area contributed by atoms with Gasteiger partial charge in [0.2, 0.25) is 0 Å². The van der Waals surface area contributed by atoms with Crippen LogP contribution in [0.4, 0.5) is 4.39 Å². The highest BCUT2D eigenvalue weighted by Crippen LogP contribution is 2.30. The van der Waals surface area contributed by atoms with Crippen LogP contribution in [0.5, 0.6) is 11.5 Å². The molecule has 0 spiro atoms. The summed E-state index contributed by atoms with van der Waals surface area (Å²) >= 11 is 1.37. The van der Waals surface area contributed by atoms with Gasteiger partial charge in [-0.2, -0.15) is 0 Å². The zero-order valence-corrected chi connectivity index (χ0v) is 14.0. The fourth-order valence-corrected chi connectivity index (χ4v) is 2.98. The summed E-state index contributed by atoms with van der Waals surface area (Å²) in [5.74, 6) is -1.05. The number of para-hydroxylation sites is 1. The Labute approximate surface area is 147 Å². The van der Waals surface area contributed by atoms with Crippen LogP contribution < -0.4 is 4.74 Å². The number of benzene rings is 2. The molecular formula is C18H14FNO4S. The number of phenols is 1. The summed E-state index contributed by atoms with van der Waals surface area (Å²) in [5, 5.41) is 12.4. The summed E-state index contributed by atoms with van der Waals surface area (Å²) in [6, 6.07) is 10.6. The molecule has 0 radical (unpaired) electrons. The van der Waals surface area contributed by atoms with Crippen molar-refractivity contribution < 1.29 is 23.8 Å². The van der Waals surface area contributed by atoms with E-state index in [1.807, 2.05) is 0 Å². The number of rotatable bonds is 5. The summed E-state index contributed by atoms with van der Waals surface area (Å²) < 4.78 is 23.1. The van der Waals surface area contributed by atoms with Crippen molar-refractivity contribution in [3.05, 3.63) is 64.9 Å². The molecule has 0 bridgehead atoms. The van der Waals surface area contributed by atoms with Crippen LogP contribution in [-0.2, 0) is 11.3 Å². The molecule has 0 aliphatic carbocycles. The Kier molecular flexibility index (Phi) is 4.95. The summed E-state index contributed by atoms with van der Waals surface area (Å²) in [6.07, 6.45) is 0. The number of thiazole rings is 1. The van der Waals surface area contributed by atoms with E-state index in [9.17, 15) is 14.3 Å². The van der Waals surface area contributed by atoms with Crippen molar-refractivity contribution in [2.75, 3.05) is 7.11 Å². The second-order valence-electron chi connectivity index (χ2n) is 5.08. The molecule has 0 saturated carbocycles. The largest absolute Gasteiger partial charge is 0.504 e. The van der Waals surface area contributed by atoms with Gasteiger partial charge in [-0.1, -0.05) is 6.07 Å². The minimum absolute atomic E-state index is 0.0216. The van der Waals surface area contributed by atoms with Gasteiger partial charge in [0.05, 0.1) is 12.8 Å². The van der Waals surface area contributed by atoms with Gasteiger partial charge >= 0.3 is 5.97 Å². The number of hydrogen-bond donors (Lipinski definition) is 1. The molecule has 1 aromatic heterocycles. The minimum Gasteiger partial charge on any atom is -0.504 e. The van der Waals surface area contributed by atoms with E-state index in [2.05, 4.69) is 4.98 Å². The summed E-state index contributed by atoms with van der Waals surface area (Å²) in [7, 11) is 1.40. The van der Waals surface area contributed by atoms with Crippen molar-refractivity contribution in [3.8, 4) is 22.1 Å². The van der Waals surface area contributed by atoms with E-state index in [0.29, 0.717) is 10.7 Å². The van der Waals surface area contributed by atoms with Crippen LogP contribution in [0.25, 0.3) is 10.6 Å². The van der Waals surface area contributed by atoms with Crippen LogP contribution in [0.2, 0.25) is 0 Å². The van der Waals surface area contributed by atoms with Gasteiger partial charge in [-0.3, -0.25) is 0 Å². The van der Waals surface area contributed by atoms with Crippen LogP contribution in [0.3, 0.4) is 0 Å². The lowest BCUT2D eigenvalue weighted by Crippen LogP contribution is -2.06. The molecule has 1 N–H and O–H groups in total. The second-order valence-corrected chi connectivity index (χ2v) is 5.94. The third-order valence-corrected chi connectivity index (χ3v) is 4.37. The topological polar surface area (TPSA) is 68.7 Å². The van der Waals surface area contributed by atoms with E-state index in [-0.39, 0.29) is 29.5 Å². The predicted molar refractivity (Wildman–Crippen MR) is 91.3 cm³/mol. The molecule has 25 heavy (non-hydrogen) atoms. The average molecular weight is 359 g/mol. The SMILES string of the molecule is COc1cccc(C(=O)OCc2csc(-c3ccc(F)cc3)n2)c1O. The van der Waals surface area contributed by atoms with Crippen LogP contribution in [0.1, 0.15) is 16.1 Å². The van der Waals surface area contributed by atoms with E-state index in [0.717, 1.165) is 5.56 Å². The van der Waals surface area contributed by atoms with E-state index >= 15 is 0 Å². The van der Waals surface area contributed by atoms with Crippen molar-refractivity contribution in [3.63, 3.8) is 0 Å². The highest BCUT2D eigenvalue weighted by atomic mass is 32.1. The highest BCUT2D eigenvalue weighted by molar-refractivity contribution is 7.13. The van der Waals surface area contributed by atoms with E-state index in [1.54, 1.807) is 29.6 Å². The first kappa shape index (κ1) is 16.9. The van der Waals surface area contributed by atoms with Gasteiger partial charge in [0, 0.05) is 10.9 Å². The zero-order chi connectivity index (χ0) is 17.8. The molecule has 0 atom stereocenters. The maximum Gasteiger partial charge on any atom is 0.342 e. The van der Waals surface area contributed by atoms with Crippen molar-refractivity contribution in [1.82, 2.24) is 4.98 Å². The van der Waals surface area contributed by atoms with Gasteiger partial charge in [-0.15, -0.1) is 11.3 Å². The number of nitrogens with zero attached hydrogens (tertiary/aromatic N) is 1.